The van der Waals surface area contributed by atoms with E-state index in [9.17, 15) is 9.59 Å². The highest BCUT2D eigenvalue weighted by Crippen LogP contribution is 2.26. The van der Waals surface area contributed by atoms with E-state index in [4.69, 9.17) is 9.47 Å². The van der Waals surface area contributed by atoms with Crippen molar-refractivity contribution >= 4 is 28.3 Å². The Balaban J connectivity index is 1.66. The summed E-state index contributed by atoms with van der Waals surface area (Å²) in [7, 11) is 1.63. The van der Waals surface area contributed by atoms with Crippen LogP contribution >= 0.6 is 0 Å². The summed E-state index contributed by atoms with van der Waals surface area (Å²) >= 11 is 0. The van der Waals surface area contributed by atoms with E-state index in [0.29, 0.717) is 5.69 Å². The van der Waals surface area contributed by atoms with Crippen LogP contribution < -0.4 is 10.1 Å². The number of carbonyl (C=O) groups is 2. The van der Waals surface area contributed by atoms with Gasteiger partial charge in [0.1, 0.15) is 5.75 Å². The lowest BCUT2D eigenvalue weighted by Gasteiger charge is -2.17. The van der Waals surface area contributed by atoms with Crippen molar-refractivity contribution in [3.63, 3.8) is 0 Å². The van der Waals surface area contributed by atoms with Crippen molar-refractivity contribution in [2.24, 2.45) is 0 Å². The van der Waals surface area contributed by atoms with Crippen LogP contribution in [-0.4, -0.2) is 25.1 Å². The van der Waals surface area contributed by atoms with Crippen molar-refractivity contribution < 1.29 is 19.1 Å². The molecule has 0 fully saturated rings. The molecule has 0 radical (unpaired) electrons. The quantitative estimate of drug-likeness (QED) is 0.611. The van der Waals surface area contributed by atoms with E-state index in [2.05, 4.69) is 5.32 Å². The van der Waals surface area contributed by atoms with Crippen LogP contribution in [0.25, 0.3) is 10.8 Å². The van der Waals surface area contributed by atoms with Crippen LogP contribution in [0, 0.1) is 6.92 Å². The highest BCUT2D eigenvalue weighted by molar-refractivity contribution is 5.95. The molecule has 0 saturated carbocycles. The number of methoxy groups -OCH3 is 1. The Hall–Kier alpha value is -3.34. The number of fused-ring (bicyclic) bond motifs is 1. The lowest BCUT2D eigenvalue weighted by molar-refractivity contribution is -0.154. The molecule has 1 amide bonds. The molecule has 0 saturated heterocycles. The molecule has 0 aliphatic heterocycles. The Labute approximate surface area is 170 Å². The van der Waals surface area contributed by atoms with Gasteiger partial charge in [0.05, 0.1) is 13.0 Å². The summed E-state index contributed by atoms with van der Waals surface area (Å²) in [6.45, 7) is 5.29. The number of hydrogen-bond acceptors (Lipinski definition) is 4. The molecule has 5 nitrogen and oxygen atoms in total. The van der Waals surface area contributed by atoms with E-state index in [1.54, 1.807) is 27.0 Å². The largest absolute Gasteiger partial charge is 0.497 e. The van der Waals surface area contributed by atoms with Gasteiger partial charge in [-0.2, -0.15) is 0 Å². The van der Waals surface area contributed by atoms with Gasteiger partial charge in [-0.05, 0) is 66.9 Å². The minimum Gasteiger partial charge on any atom is -0.497 e. The van der Waals surface area contributed by atoms with Crippen LogP contribution in [0.15, 0.2) is 60.7 Å². The summed E-state index contributed by atoms with van der Waals surface area (Å²) in [6, 6.07) is 19.0. The maximum atomic E-state index is 12.6. The fraction of sp³-hybridized carbons (Fsp3) is 0.250. The molecule has 0 spiro atoms. The lowest BCUT2D eigenvalue weighted by Crippen LogP contribution is -2.31. The van der Waals surface area contributed by atoms with Crippen LogP contribution in [0.5, 0.6) is 5.75 Å². The number of aryl methyl sites for hydroxylation is 1. The predicted molar refractivity (Wildman–Crippen MR) is 114 cm³/mol. The third-order valence-electron chi connectivity index (χ3n) is 4.87. The first-order valence-corrected chi connectivity index (χ1v) is 9.53. The molecule has 0 aliphatic rings. The maximum Gasteiger partial charge on any atom is 0.313 e. The Morgan fingerprint density at radius 2 is 1.66 bits per heavy atom. The molecule has 0 unspecified atom stereocenters. The van der Waals surface area contributed by atoms with E-state index in [-0.39, 0.29) is 5.91 Å². The molecule has 2 atom stereocenters. The smallest absolute Gasteiger partial charge is 0.313 e. The summed E-state index contributed by atoms with van der Waals surface area (Å²) in [5, 5.41) is 4.81. The van der Waals surface area contributed by atoms with Gasteiger partial charge in [0.25, 0.3) is 5.91 Å². The first kappa shape index (κ1) is 20.4. The minimum absolute atomic E-state index is 0.359. The molecular formula is C24H25NO4. The van der Waals surface area contributed by atoms with Gasteiger partial charge in [-0.25, -0.2) is 0 Å². The summed E-state index contributed by atoms with van der Waals surface area (Å²) in [5.74, 6) is -0.506. The van der Waals surface area contributed by atoms with Crippen molar-refractivity contribution in [2.75, 3.05) is 12.4 Å². The number of carbonyl (C=O) groups excluding carboxylic acids is 2. The van der Waals surface area contributed by atoms with E-state index >= 15 is 0 Å². The predicted octanol–water partition coefficient (Wildman–Crippen LogP) is 4.83. The third kappa shape index (κ3) is 4.93. The topological polar surface area (TPSA) is 64.6 Å². The molecular weight excluding hydrogens is 366 g/mol. The molecule has 1 N–H and O–H groups in total. The molecule has 0 heterocycles. The zero-order valence-electron chi connectivity index (χ0n) is 17.1. The van der Waals surface area contributed by atoms with Gasteiger partial charge in [0.2, 0.25) is 0 Å². The first-order chi connectivity index (χ1) is 13.9. The number of anilines is 1. The fourth-order valence-corrected chi connectivity index (χ4v) is 3.07. The summed E-state index contributed by atoms with van der Waals surface area (Å²) in [4.78, 5) is 24.9. The van der Waals surface area contributed by atoms with Crippen molar-refractivity contribution in [1.82, 2.24) is 0 Å². The van der Waals surface area contributed by atoms with Crippen molar-refractivity contribution in [2.45, 2.75) is 32.8 Å². The monoisotopic (exact) mass is 391 g/mol. The van der Waals surface area contributed by atoms with Gasteiger partial charge >= 0.3 is 5.97 Å². The number of esters is 1. The molecule has 0 bridgehead atoms. The Morgan fingerprint density at radius 1 is 0.931 bits per heavy atom. The van der Waals surface area contributed by atoms with E-state index in [0.717, 1.165) is 27.6 Å². The zero-order valence-corrected chi connectivity index (χ0v) is 17.1. The Kier molecular flexibility index (Phi) is 6.17. The number of nitrogens with one attached hydrogen (secondary N) is 1. The Morgan fingerprint density at radius 3 is 2.38 bits per heavy atom. The van der Waals surface area contributed by atoms with E-state index in [1.807, 2.05) is 61.5 Å². The van der Waals surface area contributed by atoms with Crippen LogP contribution in [0.1, 0.15) is 30.9 Å². The molecule has 29 heavy (non-hydrogen) atoms. The van der Waals surface area contributed by atoms with Crippen LogP contribution in [-0.2, 0) is 14.3 Å². The second kappa shape index (κ2) is 8.78. The van der Waals surface area contributed by atoms with Gasteiger partial charge in [-0.3, -0.25) is 9.59 Å². The van der Waals surface area contributed by atoms with Crippen molar-refractivity contribution in [3.05, 3.63) is 71.8 Å². The third-order valence-corrected chi connectivity index (χ3v) is 4.87. The molecule has 0 aliphatic carbocycles. The molecule has 3 rings (SSSR count). The van der Waals surface area contributed by atoms with Crippen LogP contribution in [0.4, 0.5) is 5.69 Å². The summed E-state index contributed by atoms with van der Waals surface area (Å²) in [5.41, 5.74) is 2.55. The molecule has 3 aromatic carbocycles. The number of benzene rings is 3. The second-order valence-corrected chi connectivity index (χ2v) is 7.13. The highest BCUT2D eigenvalue weighted by Gasteiger charge is 2.23. The van der Waals surface area contributed by atoms with Gasteiger partial charge in [-0.1, -0.05) is 36.4 Å². The minimum atomic E-state index is -0.893. The van der Waals surface area contributed by atoms with Crippen molar-refractivity contribution in [1.29, 1.82) is 0 Å². The highest BCUT2D eigenvalue weighted by atomic mass is 16.5. The number of ether oxygens (including phenoxy) is 2. The first-order valence-electron chi connectivity index (χ1n) is 9.53. The normalized spacial score (nSPS) is 12.8. The number of rotatable bonds is 6. The molecule has 150 valence electrons. The van der Waals surface area contributed by atoms with Crippen LogP contribution in [0.2, 0.25) is 0 Å². The zero-order chi connectivity index (χ0) is 21.0. The van der Waals surface area contributed by atoms with Gasteiger partial charge in [-0.15, -0.1) is 0 Å². The van der Waals surface area contributed by atoms with Gasteiger partial charge in [0, 0.05) is 5.69 Å². The van der Waals surface area contributed by atoms with Gasteiger partial charge < -0.3 is 14.8 Å². The summed E-state index contributed by atoms with van der Waals surface area (Å²) in [6.07, 6.45) is -0.893. The maximum absolute atomic E-state index is 12.6. The van der Waals surface area contributed by atoms with E-state index < -0.39 is 18.0 Å². The average Bonchev–Trinajstić information content (AvgIpc) is 2.72. The van der Waals surface area contributed by atoms with Crippen molar-refractivity contribution in [3.8, 4) is 5.75 Å². The molecule has 3 aromatic rings. The fourth-order valence-electron chi connectivity index (χ4n) is 3.07. The number of hydrogen-bond donors (Lipinski definition) is 1. The second-order valence-electron chi connectivity index (χ2n) is 7.13. The lowest BCUT2D eigenvalue weighted by atomic mass is 9.98. The average molecular weight is 391 g/mol. The number of amides is 1. The van der Waals surface area contributed by atoms with Crippen LogP contribution in [0.3, 0.4) is 0 Å². The molecule has 0 aromatic heterocycles. The Bertz CT molecular complexity index is 1040. The summed E-state index contributed by atoms with van der Waals surface area (Å²) < 4.78 is 10.6. The van der Waals surface area contributed by atoms with Gasteiger partial charge in [0.15, 0.2) is 6.10 Å². The van der Waals surface area contributed by atoms with E-state index in [1.165, 1.54) is 0 Å². The molecule has 5 heteroatoms. The standard InChI is InChI=1S/C24H25NO4/c1-15-6-5-7-21(12-15)25-23(26)17(3)29-24(27)16(2)18-8-9-20-14-22(28-4)11-10-19(20)13-18/h5-14,16-17H,1-4H3,(H,25,26)/t16-,17+/m0/s1. The SMILES string of the molecule is COc1ccc2cc([C@H](C)C(=O)O[C@H](C)C(=O)Nc3cccc(C)c3)ccc2c1.